The number of rotatable bonds is 4. The number of para-hydroxylation sites is 1. The van der Waals surface area contributed by atoms with E-state index in [0.717, 1.165) is 45.3 Å². The van der Waals surface area contributed by atoms with Gasteiger partial charge in [-0.2, -0.15) is 0 Å². The number of ether oxygens (including phenoxy) is 1. The molecule has 1 aliphatic rings. The van der Waals surface area contributed by atoms with Gasteiger partial charge in [0.15, 0.2) is 5.58 Å². The third kappa shape index (κ3) is 3.72. The minimum absolute atomic E-state index is 0.00645. The number of benzene rings is 3. The van der Waals surface area contributed by atoms with Gasteiger partial charge in [0.1, 0.15) is 17.3 Å². The number of hydrogen-bond donors (Lipinski definition) is 0. The van der Waals surface area contributed by atoms with Gasteiger partial charge in [0.05, 0.1) is 7.11 Å². The molecule has 3 aromatic carbocycles. The van der Waals surface area contributed by atoms with Gasteiger partial charge < -0.3 is 14.1 Å². The Morgan fingerprint density at radius 2 is 1.94 bits per heavy atom. The smallest absolute Gasteiger partial charge is 0.254 e. The first kappa shape index (κ1) is 19.8. The Balaban J connectivity index is 1.47. The summed E-state index contributed by atoms with van der Waals surface area (Å²) in [5, 5.41) is 0. The van der Waals surface area contributed by atoms with E-state index < -0.39 is 0 Å². The number of carbonyl (C=O) groups is 1. The predicted octanol–water partition coefficient (Wildman–Crippen LogP) is 6.24. The number of methoxy groups -OCH3 is 1. The number of halogens is 1. The Morgan fingerprint density at radius 3 is 2.74 bits per heavy atom. The second-order valence-electron chi connectivity index (χ2n) is 7.60. The fourth-order valence-corrected chi connectivity index (χ4v) is 4.43. The molecule has 5 nitrogen and oxygen atoms in total. The lowest BCUT2D eigenvalue weighted by Gasteiger charge is -2.22. The lowest BCUT2D eigenvalue weighted by Crippen LogP contribution is -2.30. The number of carbonyl (C=O) groups excluding carboxylic acids is 1. The van der Waals surface area contributed by atoms with Crippen LogP contribution in [0.2, 0.25) is 0 Å². The van der Waals surface area contributed by atoms with Crippen LogP contribution in [0.4, 0.5) is 0 Å². The molecule has 1 saturated heterocycles. The lowest BCUT2D eigenvalue weighted by atomic mass is 10.0. The van der Waals surface area contributed by atoms with E-state index in [2.05, 4.69) is 15.9 Å². The zero-order valence-electron chi connectivity index (χ0n) is 17.0. The summed E-state index contributed by atoms with van der Waals surface area (Å²) in [4.78, 5) is 19.7. The largest absolute Gasteiger partial charge is 0.496 e. The molecule has 1 unspecified atom stereocenters. The average molecular weight is 477 g/mol. The molecule has 2 heterocycles. The third-order valence-corrected chi connectivity index (χ3v) is 6.24. The Bertz CT molecular complexity index is 1250. The van der Waals surface area contributed by atoms with Crippen molar-refractivity contribution >= 4 is 32.9 Å². The first-order valence-corrected chi connectivity index (χ1v) is 11.0. The van der Waals surface area contributed by atoms with E-state index >= 15 is 0 Å². The van der Waals surface area contributed by atoms with E-state index in [1.807, 2.05) is 71.6 Å². The van der Waals surface area contributed by atoms with Crippen LogP contribution in [0.3, 0.4) is 0 Å². The molecule has 6 heteroatoms. The molecule has 0 radical (unpaired) electrons. The molecule has 1 amide bonds. The van der Waals surface area contributed by atoms with Crippen molar-refractivity contribution in [2.75, 3.05) is 13.7 Å². The van der Waals surface area contributed by atoms with Gasteiger partial charge in [-0.15, -0.1) is 0 Å². The van der Waals surface area contributed by atoms with Crippen LogP contribution in [0, 0.1) is 0 Å². The standard InChI is InChI=1S/C25H21BrN2O3/c1-30-22-7-3-2-5-19(22)17-10-13-23-20(15-17)27-24(31-23)21-6-4-14-28(21)25(29)16-8-11-18(26)12-9-16/h2-3,5,7-13,15,21H,4,6,14H2,1H3. The average Bonchev–Trinajstić information content (AvgIpc) is 3.45. The van der Waals surface area contributed by atoms with Crippen molar-refractivity contribution in [3.05, 3.63) is 82.7 Å². The zero-order valence-corrected chi connectivity index (χ0v) is 18.6. The van der Waals surface area contributed by atoms with Crippen LogP contribution in [0.15, 0.2) is 75.6 Å². The molecule has 4 aromatic rings. The van der Waals surface area contributed by atoms with E-state index in [1.165, 1.54) is 0 Å². The fraction of sp³-hybridized carbons (Fsp3) is 0.200. The van der Waals surface area contributed by atoms with Crippen molar-refractivity contribution in [2.24, 2.45) is 0 Å². The minimum atomic E-state index is -0.154. The highest BCUT2D eigenvalue weighted by molar-refractivity contribution is 9.10. The summed E-state index contributed by atoms with van der Waals surface area (Å²) < 4.78 is 12.5. The van der Waals surface area contributed by atoms with Crippen LogP contribution in [0.25, 0.3) is 22.2 Å². The van der Waals surface area contributed by atoms with Gasteiger partial charge in [-0.3, -0.25) is 4.79 Å². The van der Waals surface area contributed by atoms with Crippen LogP contribution >= 0.6 is 15.9 Å². The number of nitrogens with zero attached hydrogens (tertiary/aromatic N) is 2. The summed E-state index contributed by atoms with van der Waals surface area (Å²) in [7, 11) is 1.67. The van der Waals surface area contributed by atoms with E-state index in [4.69, 9.17) is 14.1 Å². The fourth-order valence-electron chi connectivity index (χ4n) is 4.16. The van der Waals surface area contributed by atoms with Crippen LogP contribution < -0.4 is 4.74 Å². The molecule has 156 valence electrons. The predicted molar refractivity (Wildman–Crippen MR) is 123 cm³/mol. The van der Waals surface area contributed by atoms with Gasteiger partial charge in [-0.1, -0.05) is 40.2 Å². The summed E-state index contributed by atoms with van der Waals surface area (Å²) in [5.74, 6) is 1.41. The Morgan fingerprint density at radius 1 is 1.13 bits per heavy atom. The Labute approximate surface area is 188 Å². The molecule has 31 heavy (non-hydrogen) atoms. The van der Waals surface area contributed by atoms with Gasteiger partial charge in [0.25, 0.3) is 5.91 Å². The number of likely N-dealkylation sites (tertiary alicyclic amines) is 1. The summed E-state index contributed by atoms with van der Waals surface area (Å²) >= 11 is 3.42. The van der Waals surface area contributed by atoms with Crippen LogP contribution in [0.1, 0.15) is 35.1 Å². The maximum atomic E-state index is 13.1. The molecule has 0 saturated carbocycles. The van der Waals surface area contributed by atoms with Crippen molar-refractivity contribution in [3.8, 4) is 16.9 Å². The van der Waals surface area contributed by atoms with E-state index in [9.17, 15) is 4.79 Å². The number of hydrogen-bond acceptors (Lipinski definition) is 4. The highest BCUT2D eigenvalue weighted by Crippen LogP contribution is 2.36. The molecule has 0 aliphatic carbocycles. The minimum Gasteiger partial charge on any atom is -0.496 e. The molecule has 1 atom stereocenters. The molecule has 1 fully saturated rings. The number of oxazole rings is 1. The van der Waals surface area contributed by atoms with E-state index in [-0.39, 0.29) is 11.9 Å². The molecule has 0 spiro atoms. The van der Waals surface area contributed by atoms with Crippen molar-refractivity contribution in [1.82, 2.24) is 9.88 Å². The highest BCUT2D eigenvalue weighted by atomic mass is 79.9. The monoisotopic (exact) mass is 476 g/mol. The highest BCUT2D eigenvalue weighted by Gasteiger charge is 2.34. The molecule has 0 N–H and O–H groups in total. The number of aromatic nitrogens is 1. The quantitative estimate of drug-likeness (QED) is 0.349. The maximum absolute atomic E-state index is 13.1. The molecule has 0 bridgehead atoms. The first-order chi connectivity index (χ1) is 15.1. The van der Waals surface area contributed by atoms with Gasteiger partial charge in [-0.05, 0) is 60.9 Å². The molecule has 5 rings (SSSR count). The third-order valence-electron chi connectivity index (χ3n) is 5.71. The van der Waals surface area contributed by atoms with Crippen LogP contribution in [-0.2, 0) is 0 Å². The summed E-state index contributed by atoms with van der Waals surface area (Å²) in [6.07, 6.45) is 1.77. The maximum Gasteiger partial charge on any atom is 0.254 e. The zero-order chi connectivity index (χ0) is 21.4. The van der Waals surface area contributed by atoms with Crippen LogP contribution in [-0.4, -0.2) is 29.4 Å². The van der Waals surface area contributed by atoms with Crippen molar-refractivity contribution < 1.29 is 13.9 Å². The Hall–Kier alpha value is -3.12. The van der Waals surface area contributed by atoms with Gasteiger partial charge in [0, 0.05) is 22.1 Å². The lowest BCUT2D eigenvalue weighted by molar-refractivity contribution is 0.0717. The van der Waals surface area contributed by atoms with Gasteiger partial charge >= 0.3 is 0 Å². The van der Waals surface area contributed by atoms with E-state index in [1.54, 1.807) is 7.11 Å². The van der Waals surface area contributed by atoms with E-state index in [0.29, 0.717) is 18.0 Å². The topological polar surface area (TPSA) is 55.6 Å². The summed E-state index contributed by atoms with van der Waals surface area (Å²) in [5.41, 5.74) is 4.19. The number of fused-ring (bicyclic) bond motifs is 1. The van der Waals surface area contributed by atoms with Crippen molar-refractivity contribution in [2.45, 2.75) is 18.9 Å². The number of amides is 1. The second kappa shape index (κ2) is 8.19. The van der Waals surface area contributed by atoms with Crippen LogP contribution in [0.5, 0.6) is 5.75 Å². The van der Waals surface area contributed by atoms with Gasteiger partial charge in [-0.25, -0.2) is 4.98 Å². The first-order valence-electron chi connectivity index (χ1n) is 10.2. The van der Waals surface area contributed by atoms with Crippen molar-refractivity contribution in [1.29, 1.82) is 0 Å². The Kier molecular flexibility index (Phi) is 5.24. The molecule has 1 aromatic heterocycles. The summed E-state index contributed by atoms with van der Waals surface area (Å²) in [6, 6.07) is 21.2. The molecular weight excluding hydrogens is 456 g/mol. The normalized spacial score (nSPS) is 16.1. The second-order valence-corrected chi connectivity index (χ2v) is 8.51. The van der Waals surface area contributed by atoms with Crippen molar-refractivity contribution in [3.63, 3.8) is 0 Å². The molecule has 1 aliphatic heterocycles. The summed E-state index contributed by atoms with van der Waals surface area (Å²) in [6.45, 7) is 0.699. The van der Waals surface area contributed by atoms with Gasteiger partial charge in [0.2, 0.25) is 5.89 Å². The SMILES string of the molecule is COc1ccccc1-c1ccc2oc(C3CCCN3C(=O)c3ccc(Br)cc3)nc2c1. The molecular formula is C25H21BrN2O3.